The fourth-order valence-corrected chi connectivity index (χ4v) is 1.26. The molecule has 0 fully saturated rings. The van der Waals surface area contributed by atoms with E-state index in [1.807, 2.05) is 26.8 Å². The van der Waals surface area contributed by atoms with Crippen LogP contribution in [0.1, 0.15) is 26.3 Å². The highest BCUT2D eigenvalue weighted by Crippen LogP contribution is 2.26. The summed E-state index contributed by atoms with van der Waals surface area (Å²) in [5.74, 6) is -0.242. The second-order valence-corrected chi connectivity index (χ2v) is 4.63. The molecule has 0 aliphatic carbocycles. The van der Waals surface area contributed by atoms with E-state index in [4.69, 9.17) is 0 Å². The molecule has 0 unspecified atom stereocenters. The predicted molar refractivity (Wildman–Crippen MR) is 60.9 cm³/mol. The minimum Gasteiger partial charge on any atom is -0.392 e. The number of benzene rings is 1. The summed E-state index contributed by atoms with van der Waals surface area (Å²) in [5.41, 5.74) is 1.79. The van der Waals surface area contributed by atoms with Crippen LogP contribution in [0.3, 0.4) is 0 Å². The molecule has 0 heterocycles. The van der Waals surface area contributed by atoms with E-state index in [-0.39, 0.29) is 17.8 Å². The number of aliphatic hydroxyl groups is 1. The first-order chi connectivity index (χ1) is 6.93. The Morgan fingerprint density at radius 2 is 1.80 bits per heavy atom. The van der Waals surface area contributed by atoms with Gasteiger partial charge in [0.15, 0.2) is 0 Å². The number of rotatable bonds is 2. The Morgan fingerprint density at radius 1 is 1.27 bits per heavy atom. The van der Waals surface area contributed by atoms with Crippen molar-refractivity contribution in [2.24, 2.45) is 5.41 Å². The van der Waals surface area contributed by atoms with Crippen molar-refractivity contribution in [2.45, 2.75) is 20.8 Å². The molecule has 1 nitrogen and oxygen atoms in total. The van der Waals surface area contributed by atoms with Gasteiger partial charge in [-0.1, -0.05) is 39.0 Å². The molecule has 0 amide bonds. The summed E-state index contributed by atoms with van der Waals surface area (Å²) in [6.07, 6.45) is 1.90. The minimum absolute atomic E-state index is 0.0286. The Hall–Kier alpha value is -1.15. The van der Waals surface area contributed by atoms with E-state index in [0.29, 0.717) is 0 Å². The van der Waals surface area contributed by atoms with Gasteiger partial charge in [-0.15, -0.1) is 0 Å². The Kier molecular flexibility index (Phi) is 3.64. The topological polar surface area (TPSA) is 20.2 Å². The van der Waals surface area contributed by atoms with Gasteiger partial charge in [-0.05, 0) is 28.7 Å². The SMILES string of the molecule is CC(C)(C)/C(=C/c1ccc(F)cc1)CO. The summed E-state index contributed by atoms with van der Waals surface area (Å²) in [5, 5.41) is 9.24. The van der Waals surface area contributed by atoms with E-state index in [9.17, 15) is 9.50 Å². The highest BCUT2D eigenvalue weighted by molar-refractivity contribution is 5.54. The third kappa shape index (κ3) is 3.48. The number of hydrogen-bond donors (Lipinski definition) is 1. The fourth-order valence-electron chi connectivity index (χ4n) is 1.26. The van der Waals surface area contributed by atoms with Gasteiger partial charge >= 0.3 is 0 Å². The Morgan fingerprint density at radius 3 is 2.20 bits per heavy atom. The smallest absolute Gasteiger partial charge is 0.123 e. The van der Waals surface area contributed by atoms with E-state index in [2.05, 4.69) is 0 Å². The standard InChI is InChI=1S/C13H17FO/c1-13(2,3)11(9-15)8-10-4-6-12(14)7-5-10/h4-8,15H,9H2,1-3H3/b11-8+. The molecule has 0 bridgehead atoms. The lowest BCUT2D eigenvalue weighted by Crippen LogP contribution is -2.12. The average Bonchev–Trinajstić information content (AvgIpc) is 2.15. The molecular formula is C13H17FO. The zero-order chi connectivity index (χ0) is 11.5. The van der Waals surface area contributed by atoms with Gasteiger partial charge in [0.2, 0.25) is 0 Å². The maximum Gasteiger partial charge on any atom is 0.123 e. The second-order valence-electron chi connectivity index (χ2n) is 4.63. The third-order valence-electron chi connectivity index (χ3n) is 2.34. The van der Waals surface area contributed by atoms with E-state index in [1.165, 1.54) is 12.1 Å². The van der Waals surface area contributed by atoms with Crippen molar-refractivity contribution in [3.8, 4) is 0 Å². The zero-order valence-electron chi connectivity index (χ0n) is 9.42. The van der Waals surface area contributed by atoms with E-state index in [1.54, 1.807) is 12.1 Å². The van der Waals surface area contributed by atoms with Crippen LogP contribution in [0.5, 0.6) is 0 Å². The summed E-state index contributed by atoms with van der Waals surface area (Å²) in [6.45, 7) is 6.15. The molecule has 0 saturated heterocycles. The molecule has 1 rings (SSSR count). The lowest BCUT2D eigenvalue weighted by atomic mass is 9.86. The molecule has 0 aromatic heterocycles. The zero-order valence-corrected chi connectivity index (χ0v) is 9.42. The molecule has 82 valence electrons. The van der Waals surface area contributed by atoms with Crippen LogP contribution < -0.4 is 0 Å². The van der Waals surface area contributed by atoms with Gasteiger partial charge in [-0.3, -0.25) is 0 Å². The monoisotopic (exact) mass is 208 g/mol. The molecule has 1 aromatic rings. The normalized spacial score (nSPS) is 13.0. The fraction of sp³-hybridized carbons (Fsp3) is 0.385. The second kappa shape index (κ2) is 4.58. The van der Waals surface area contributed by atoms with Gasteiger partial charge in [0.25, 0.3) is 0 Å². The van der Waals surface area contributed by atoms with Crippen molar-refractivity contribution in [2.75, 3.05) is 6.61 Å². The van der Waals surface area contributed by atoms with Gasteiger partial charge < -0.3 is 5.11 Å². The van der Waals surface area contributed by atoms with Crippen molar-refractivity contribution in [1.29, 1.82) is 0 Å². The lowest BCUT2D eigenvalue weighted by Gasteiger charge is -2.21. The van der Waals surface area contributed by atoms with Crippen LogP contribution in [0, 0.1) is 11.2 Å². The molecule has 0 aliphatic heterocycles. The third-order valence-corrected chi connectivity index (χ3v) is 2.34. The average molecular weight is 208 g/mol. The van der Waals surface area contributed by atoms with E-state index >= 15 is 0 Å². The van der Waals surface area contributed by atoms with Crippen LogP contribution in [0.2, 0.25) is 0 Å². The molecular weight excluding hydrogens is 191 g/mol. The quantitative estimate of drug-likeness (QED) is 0.791. The molecule has 1 aromatic carbocycles. The van der Waals surface area contributed by atoms with Crippen molar-refractivity contribution in [1.82, 2.24) is 0 Å². The molecule has 0 spiro atoms. The molecule has 2 heteroatoms. The van der Waals surface area contributed by atoms with Crippen LogP contribution in [-0.2, 0) is 0 Å². The predicted octanol–water partition coefficient (Wildman–Crippen LogP) is 3.25. The summed E-state index contributed by atoms with van der Waals surface area (Å²) in [6, 6.07) is 6.25. The van der Waals surface area contributed by atoms with Crippen molar-refractivity contribution in [3.63, 3.8) is 0 Å². The molecule has 0 radical (unpaired) electrons. The maximum absolute atomic E-state index is 12.7. The van der Waals surface area contributed by atoms with Gasteiger partial charge in [0, 0.05) is 0 Å². The van der Waals surface area contributed by atoms with Crippen LogP contribution in [0.15, 0.2) is 29.8 Å². The minimum atomic E-state index is -0.242. The highest BCUT2D eigenvalue weighted by atomic mass is 19.1. The van der Waals surface area contributed by atoms with Crippen LogP contribution in [0.4, 0.5) is 4.39 Å². The number of halogens is 1. The van der Waals surface area contributed by atoms with Gasteiger partial charge in [-0.2, -0.15) is 0 Å². The summed E-state index contributed by atoms with van der Waals surface area (Å²) in [7, 11) is 0. The van der Waals surface area contributed by atoms with Crippen molar-refractivity contribution in [3.05, 3.63) is 41.2 Å². The first-order valence-corrected chi connectivity index (χ1v) is 5.01. The Balaban J connectivity index is 2.99. The van der Waals surface area contributed by atoms with Crippen molar-refractivity contribution >= 4 is 6.08 Å². The summed E-state index contributed by atoms with van der Waals surface area (Å²) in [4.78, 5) is 0. The van der Waals surface area contributed by atoms with Crippen LogP contribution >= 0.6 is 0 Å². The summed E-state index contributed by atoms with van der Waals surface area (Å²) >= 11 is 0. The molecule has 1 N–H and O–H groups in total. The van der Waals surface area contributed by atoms with Crippen LogP contribution in [0.25, 0.3) is 6.08 Å². The Bertz CT molecular complexity index is 344. The van der Waals surface area contributed by atoms with Crippen molar-refractivity contribution < 1.29 is 9.50 Å². The van der Waals surface area contributed by atoms with E-state index < -0.39 is 0 Å². The van der Waals surface area contributed by atoms with Gasteiger partial charge in [0.05, 0.1) is 6.61 Å². The molecule has 0 aliphatic rings. The first-order valence-electron chi connectivity index (χ1n) is 5.01. The molecule has 0 atom stereocenters. The van der Waals surface area contributed by atoms with Crippen LogP contribution in [-0.4, -0.2) is 11.7 Å². The molecule has 0 saturated carbocycles. The first kappa shape index (κ1) is 11.9. The highest BCUT2D eigenvalue weighted by Gasteiger charge is 2.15. The van der Waals surface area contributed by atoms with Gasteiger partial charge in [-0.25, -0.2) is 4.39 Å². The lowest BCUT2D eigenvalue weighted by molar-refractivity contribution is 0.298. The summed E-state index contributed by atoms with van der Waals surface area (Å²) < 4.78 is 12.7. The van der Waals surface area contributed by atoms with Gasteiger partial charge in [0.1, 0.15) is 5.82 Å². The van der Waals surface area contributed by atoms with E-state index in [0.717, 1.165) is 11.1 Å². The number of hydrogen-bond acceptors (Lipinski definition) is 1. The molecule has 15 heavy (non-hydrogen) atoms. The maximum atomic E-state index is 12.7. The number of aliphatic hydroxyl groups excluding tert-OH is 1. The largest absolute Gasteiger partial charge is 0.392 e. The Labute approximate surface area is 90.3 Å².